The molecule has 0 spiro atoms. The summed E-state index contributed by atoms with van der Waals surface area (Å²) >= 11 is 0. The van der Waals surface area contributed by atoms with Crippen molar-refractivity contribution in [1.29, 1.82) is 0 Å². The van der Waals surface area contributed by atoms with Crippen LogP contribution in [-0.2, 0) is 19.6 Å². The van der Waals surface area contributed by atoms with Crippen LogP contribution in [0.25, 0.3) is 0 Å². The second-order valence-electron chi connectivity index (χ2n) is 8.26. The van der Waals surface area contributed by atoms with Crippen LogP contribution in [0.3, 0.4) is 0 Å². The van der Waals surface area contributed by atoms with E-state index in [2.05, 4.69) is 24.1 Å². The van der Waals surface area contributed by atoms with E-state index in [0.717, 1.165) is 51.9 Å². The van der Waals surface area contributed by atoms with Crippen molar-refractivity contribution in [3.05, 3.63) is 0 Å². The van der Waals surface area contributed by atoms with Crippen molar-refractivity contribution in [3.63, 3.8) is 0 Å². The van der Waals surface area contributed by atoms with Crippen LogP contribution in [0.5, 0.6) is 0 Å². The van der Waals surface area contributed by atoms with Gasteiger partial charge < -0.3 is 10.1 Å². The van der Waals surface area contributed by atoms with E-state index in [1.807, 2.05) is 0 Å². The zero-order chi connectivity index (χ0) is 19.9. The van der Waals surface area contributed by atoms with E-state index < -0.39 is 10.0 Å². The van der Waals surface area contributed by atoms with Crippen molar-refractivity contribution in [2.45, 2.75) is 64.5 Å². The predicted molar refractivity (Wildman–Crippen MR) is 107 cm³/mol. The Morgan fingerprint density at radius 2 is 1.74 bits per heavy atom. The Morgan fingerprint density at radius 1 is 1.15 bits per heavy atom. The topological polar surface area (TPSA) is 79.0 Å². The van der Waals surface area contributed by atoms with E-state index in [9.17, 15) is 13.2 Å². The molecule has 0 radical (unpaired) electrons. The maximum atomic E-state index is 12.0. The van der Waals surface area contributed by atoms with Crippen molar-refractivity contribution in [1.82, 2.24) is 14.5 Å². The summed E-state index contributed by atoms with van der Waals surface area (Å²) < 4.78 is 30.6. The van der Waals surface area contributed by atoms with Crippen molar-refractivity contribution in [2.75, 3.05) is 45.6 Å². The number of ether oxygens (including phenoxy) is 1. The van der Waals surface area contributed by atoms with Crippen molar-refractivity contribution in [2.24, 2.45) is 5.92 Å². The first kappa shape index (κ1) is 22.6. The first-order valence-corrected chi connectivity index (χ1v) is 12.2. The maximum absolute atomic E-state index is 12.0. The summed E-state index contributed by atoms with van der Waals surface area (Å²) in [4.78, 5) is 14.5. The molecule has 0 aromatic rings. The van der Waals surface area contributed by atoms with Gasteiger partial charge in [-0.2, -0.15) is 0 Å². The van der Waals surface area contributed by atoms with Crippen LogP contribution in [0.4, 0.5) is 0 Å². The zero-order valence-electron chi connectivity index (χ0n) is 17.2. The van der Waals surface area contributed by atoms with Gasteiger partial charge in [-0.15, -0.1) is 0 Å². The molecule has 1 N–H and O–H groups in total. The standard InChI is InChI=1S/C19H37N3O4S/c1-16(2)4-5-19(23)20-10-13-22(18-8-14-26-15-9-18)17-6-11-21(12-7-17)27(3,24)25/h16-18H,4-15H2,1-3H3,(H,20,23). The van der Waals surface area contributed by atoms with Gasteiger partial charge in [-0.1, -0.05) is 13.8 Å². The van der Waals surface area contributed by atoms with Gasteiger partial charge in [0.2, 0.25) is 15.9 Å². The number of carbonyl (C=O) groups excluding carboxylic acids is 1. The largest absolute Gasteiger partial charge is 0.381 e. The normalized spacial score (nSPS) is 21.1. The fraction of sp³-hybridized carbons (Fsp3) is 0.947. The summed E-state index contributed by atoms with van der Waals surface area (Å²) in [5, 5.41) is 3.06. The number of piperidine rings is 1. The van der Waals surface area contributed by atoms with E-state index in [1.54, 1.807) is 4.31 Å². The lowest BCUT2D eigenvalue weighted by molar-refractivity contribution is -0.121. The number of nitrogens with one attached hydrogen (secondary N) is 1. The molecule has 1 amide bonds. The van der Waals surface area contributed by atoms with Gasteiger partial charge in [-0.05, 0) is 38.0 Å². The molecule has 7 nitrogen and oxygen atoms in total. The Bertz CT molecular complexity index is 553. The molecule has 2 fully saturated rings. The molecule has 158 valence electrons. The van der Waals surface area contributed by atoms with Crippen LogP contribution in [0.1, 0.15) is 52.4 Å². The highest BCUT2D eigenvalue weighted by Crippen LogP contribution is 2.24. The van der Waals surface area contributed by atoms with E-state index in [-0.39, 0.29) is 5.91 Å². The average Bonchev–Trinajstić information content (AvgIpc) is 2.64. The highest BCUT2D eigenvalue weighted by molar-refractivity contribution is 7.88. The van der Waals surface area contributed by atoms with E-state index in [4.69, 9.17) is 4.74 Å². The van der Waals surface area contributed by atoms with Gasteiger partial charge in [-0.25, -0.2) is 12.7 Å². The van der Waals surface area contributed by atoms with Gasteiger partial charge in [0.05, 0.1) is 6.26 Å². The molecule has 2 rings (SSSR count). The van der Waals surface area contributed by atoms with Crippen LogP contribution in [-0.4, -0.2) is 81.3 Å². The third-order valence-electron chi connectivity index (χ3n) is 5.66. The Labute approximate surface area is 164 Å². The third-order valence-corrected chi connectivity index (χ3v) is 6.97. The molecule has 27 heavy (non-hydrogen) atoms. The quantitative estimate of drug-likeness (QED) is 0.630. The molecule has 0 atom stereocenters. The second-order valence-corrected chi connectivity index (χ2v) is 10.2. The average molecular weight is 404 g/mol. The number of hydrogen-bond donors (Lipinski definition) is 1. The summed E-state index contributed by atoms with van der Waals surface area (Å²) in [6.45, 7) is 8.47. The number of carbonyl (C=O) groups is 1. The molecule has 0 saturated carbocycles. The maximum Gasteiger partial charge on any atom is 0.220 e. The van der Waals surface area contributed by atoms with Crippen LogP contribution >= 0.6 is 0 Å². The fourth-order valence-corrected chi connectivity index (χ4v) is 4.89. The third kappa shape index (κ3) is 7.68. The zero-order valence-corrected chi connectivity index (χ0v) is 18.0. The number of rotatable bonds is 9. The number of sulfonamides is 1. The molecule has 0 aliphatic carbocycles. The molecule has 0 unspecified atom stereocenters. The van der Waals surface area contributed by atoms with E-state index in [0.29, 0.717) is 44.1 Å². The highest BCUT2D eigenvalue weighted by Gasteiger charge is 2.32. The molecule has 8 heteroatoms. The number of nitrogens with zero attached hydrogens (tertiary/aromatic N) is 2. The Kier molecular flexibility index (Phi) is 8.98. The minimum Gasteiger partial charge on any atom is -0.381 e. The summed E-state index contributed by atoms with van der Waals surface area (Å²) in [5.41, 5.74) is 0. The highest BCUT2D eigenvalue weighted by atomic mass is 32.2. The summed E-state index contributed by atoms with van der Waals surface area (Å²) in [7, 11) is -3.10. The smallest absolute Gasteiger partial charge is 0.220 e. The predicted octanol–water partition coefficient (Wildman–Crippen LogP) is 1.44. The van der Waals surface area contributed by atoms with Gasteiger partial charge in [0, 0.05) is 57.9 Å². The lowest BCUT2D eigenvalue weighted by atomic mass is 9.98. The van der Waals surface area contributed by atoms with Crippen LogP contribution in [0, 0.1) is 5.92 Å². The second kappa shape index (κ2) is 10.7. The summed E-state index contributed by atoms with van der Waals surface area (Å²) in [6.07, 6.45) is 6.51. The van der Waals surface area contributed by atoms with Crippen molar-refractivity contribution < 1.29 is 17.9 Å². The van der Waals surface area contributed by atoms with E-state index in [1.165, 1.54) is 6.26 Å². The number of hydrogen-bond acceptors (Lipinski definition) is 5. The van der Waals surface area contributed by atoms with Crippen molar-refractivity contribution in [3.8, 4) is 0 Å². The first-order chi connectivity index (χ1) is 12.8. The molecular formula is C19H37N3O4S. The van der Waals surface area contributed by atoms with E-state index >= 15 is 0 Å². The van der Waals surface area contributed by atoms with Crippen molar-refractivity contribution >= 4 is 15.9 Å². The van der Waals surface area contributed by atoms with Gasteiger partial charge in [-0.3, -0.25) is 9.69 Å². The molecule has 0 aromatic carbocycles. The summed E-state index contributed by atoms with van der Waals surface area (Å²) in [5.74, 6) is 0.664. The first-order valence-electron chi connectivity index (χ1n) is 10.3. The molecular weight excluding hydrogens is 366 g/mol. The van der Waals surface area contributed by atoms with Crippen LogP contribution < -0.4 is 5.32 Å². The van der Waals surface area contributed by atoms with Gasteiger partial charge in [0.1, 0.15) is 0 Å². The molecule has 2 aliphatic rings. The van der Waals surface area contributed by atoms with Gasteiger partial charge in [0.15, 0.2) is 0 Å². The minimum absolute atomic E-state index is 0.127. The summed E-state index contributed by atoms with van der Waals surface area (Å²) in [6, 6.07) is 0.833. The molecule has 0 bridgehead atoms. The van der Waals surface area contributed by atoms with Crippen LogP contribution in [0.2, 0.25) is 0 Å². The fourth-order valence-electron chi connectivity index (χ4n) is 4.02. The Morgan fingerprint density at radius 3 is 2.30 bits per heavy atom. The SMILES string of the molecule is CC(C)CCC(=O)NCCN(C1CCOCC1)C1CCN(S(C)(=O)=O)CC1. The molecule has 0 aromatic heterocycles. The number of amides is 1. The van der Waals surface area contributed by atoms with Crippen LogP contribution in [0.15, 0.2) is 0 Å². The monoisotopic (exact) mass is 403 g/mol. The van der Waals surface area contributed by atoms with Gasteiger partial charge >= 0.3 is 0 Å². The molecule has 2 aliphatic heterocycles. The lowest BCUT2D eigenvalue weighted by Crippen LogP contribution is -2.53. The Hall–Kier alpha value is -0.700. The lowest BCUT2D eigenvalue weighted by Gasteiger charge is -2.43. The van der Waals surface area contributed by atoms with Gasteiger partial charge in [0.25, 0.3) is 0 Å². The minimum atomic E-state index is -3.10. The Balaban J connectivity index is 1.87. The molecule has 2 saturated heterocycles. The molecule has 2 heterocycles.